The maximum absolute atomic E-state index is 12.4. The number of nitrogens with zero attached hydrogens (tertiary/aromatic N) is 1. The molecule has 2 heterocycles. The molecule has 0 saturated carbocycles. The highest BCUT2D eigenvalue weighted by molar-refractivity contribution is 7.17. The largest absolute Gasteiger partial charge is 0.310 e. The SMILES string of the molecule is CCCc1nc2scc(-c3ccc(CC)cc3)c2c(=O)[nH]1. The second-order valence-electron chi connectivity index (χ2n) is 5.14. The van der Waals surface area contributed by atoms with Gasteiger partial charge in [0.25, 0.3) is 5.56 Å². The maximum Gasteiger partial charge on any atom is 0.260 e. The molecular formula is C17H18N2OS. The Labute approximate surface area is 127 Å². The van der Waals surface area contributed by atoms with Crippen molar-refractivity contribution in [1.29, 1.82) is 0 Å². The van der Waals surface area contributed by atoms with Crippen molar-refractivity contribution in [2.24, 2.45) is 0 Å². The molecule has 1 N–H and O–H groups in total. The van der Waals surface area contributed by atoms with Crippen LogP contribution in [0.25, 0.3) is 21.3 Å². The molecular weight excluding hydrogens is 280 g/mol. The summed E-state index contributed by atoms with van der Waals surface area (Å²) in [5, 5.41) is 2.74. The molecule has 3 rings (SSSR count). The van der Waals surface area contributed by atoms with Gasteiger partial charge in [0.2, 0.25) is 0 Å². The van der Waals surface area contributed by atoms with Crippen molar-refractivity contribution in [3.05, 3.63) is 51.4 Å². The molecule has 3 aromatic rings. The smallest absolute Gasteiger partial charge is 0.260 e. The van der Waals surface area contributed by atoms with Crippen LogP contribution in [0, 0.1) is 0 Å². The fourth-order valence-electron chi connectivity index (χ4n) is 2.48. The first-order chi connectivity index (χ1) is 10.2. The summed E-state index contributed by atoms with van der Waals surface area (Å²) in [4.78, 5) is 20.7. The van der Waals surface area contributed by atoms with Gasteiger partial charge in [-0.2, -0.15) is 0 Å². The van der Waals surface area contributed by atoms with E-state index in [9.17, 15) is 4.79 Å². The van der Waals surface area contributed by atoms with Gasteiger partial charge in [-0.25, -0.2) is 4.98 Å². The van der Waals surface area contributed by atoms with Crippen molar-refractivity contribution in [3.8, 4) is 11.1 Å². The van der Waals surface area contributed by atoms with Gasteiger partial charge in [0.1, 0.15) is 10.7 Å². The molecule has 3 nitrogen and oxygen atoms in total. The Kier molecular flexibility index (Phi) is 3.88. The Morgan fingerprint density at radius 2 is 1.95 bits per heavy atom. The van der Waals surface area contributed by atoms with Crippen LogP contribution in [0.2, 0.25) is 0 Å². The van der Waals surface area contributed by atoms with Crippen molar-refractivity contribution in [2.75, 3.05) is 0 Å². The third kappa shape index (κ3) is 2.63. The van der Waals surface area contributed by atoms with Crippen molar-refractivity contribution < 1.29 is 0 Å². The zero-order valence-electron chi connectivity index (χ0n) is 12.3. The third-order valence-corrected chi connectivity index (χ3v) is 4.53. The Balaban J connectivity index is 2.13. The minimum Gasteiger partial charge on any atom is -0.310 e. The summed E-state index contributed by atoms with van der Waals surface area (Å²) in [5.74, 6) is 0.782. The Bertz CT molecular complexity index is 815. The lowest BCUT2D eigenvalue weighted by Gasteiger charge is -2.02. The number of aryl methyl sites for hydroxylation is 2. The van der Waals surface area contributed by atoms with E-state index < -0.39 is 0 Å². The molecule has 0 aliphatic carbocycles. The lowest BCUT2D eigenvalue weighted by atomic mass is 10.0. The van der Waals surface area contributed by atoms with E-state index in [1.54, 1.807) is 11.3 Å². The van der Waals surface area contributed by atoms with E-state index in [1.165, 1.54) is 5.56 Å². The number of aromatic nitrogens is 2. The van der Waals surface area contributed by atoms with E-state index in [2.05, 4.69) is 48.1 Å². The van der Waals surface area contributed by atoms with Crippen molar-refractivity contribution in [2.45, 2.75) is 33.1 Å². The highest BCUT2D eigenvalue weighted by Gasteiger charge is 2.12. The van der Waals surface area contributed by atoms with Crippen LogP contribution in [0.3, 0.4) is 0 Å². The van der Waals surface area contributed by atoms with E-state index >= 15 is 0 Å². The van der Waals surface area contributed by atoms with Gasteiger partial charge >= 0.3 is 0 Å². The molecule has 0 spiro atoms. The quantitative estimate of drug-likeness (QED) is 0.786. The lowest BCUT2D eigenvalue weighted by molar-refractivity contribution is 0.838. The normalized spacial score (nSPS) is 11.1. The number of nitrogens with one attached hydrogen (secondary N) is 1. The second-order valence-corrected chi connectivity index (χ2v) is 6.00. The number of aromatic amines is 1. The minimum atomic E-state index is -0.0285. The van der Waals surface area contributed by atoms with Gasteiger partial charge in [-0.05, 0) is 24.0 Å². The van der Waals surface area contributed by atoms with Gasteiger partial charge in [0.15, 0.2) is 0 Å². The van der Waals surface area contributed by atoms with Crippen LogP contribution < -0.4 is 5.56 Å². The molecule has 0 fully saturated rings. The van der Waals surface area contributed by atoms with E-state index in [0.29, 0.717) is 5.39 Å². The van der Waals surface area contributed by atoms with Crippen LogP contribution in [-0.4, -0.2) is 9.97 Å². The van der Waals surface area contributed by atoms with E-state index in [-0.39, 0.29) is 5.56 Å². The fraction of sp³-hybridized carbons (Fsp3) is 0.294. The number of fused-ring (bicyclic) bond motifs is 1. The van der Waals surface area contributed by atoms with Crippen molar-refractivity contribution in [1.82, 2.24) is 9.97 Å². The summed E-state index contributed by atoms with van der Waals surface area (Å²) in [5.41, 5.74) is 3.33. The molecule has 0 radical (unpaired) electrons. The highest BCUT2D eigenvalue weighted by atomic mass is 32.1. The van der Waals surface area contributed by atoms with Crippen LogP contribution in [-0.2, 0) is 12.8 Å². The molecule has 0 unspecified atom stereocenters. The van der Waals surface area contributed by atoms with Crippen LogP contribution >= 0.6 is 11.3 Å². The second kappa shape index (κ2) is 5.82. The topological polar surface area (TPSA) is 45.8 Å². The molecule has 0 amide bonds. The number of benzene rings is 1. The Morgan fingerprint density at radius 1 is 1.19 bits per heavy atom. The molecule has 0 saturated heterocycles. The predicted molar refractivity (Wildman–Crippen MR) is 89.0 cm³/mol. The van der Waals surface area contributed by atoms with E-state index in [1.807, 2.05) is 5.38 Å². The first-order valence-electron chi connectivity index (χ1n) is 7.32. The standard InChI is InChI=1S/C17H18N2OS/c1-3-5-14-18-16(20)15-13(10-21-17(15)19-14)12-8-6-11(4-2)7-9-12/h6-10H,3-5H2,1-2H3,(H,18,19,20). The number of hydrogen-bond acceptors (Lipinski definition) is 3. The van der Waals surface area contributed by atoms with Gasteiger partial charge < -0.3 is 4.98 Å². The summed E-state index contributed by atoms with van der Waals surface area (Å²) in [6, 6.07) is 8.40. The third-order valence-electron chi connectivity index (χ3n) is 3.65. The van der Waals surface area contributed by atoms with Gasteiger partial charge in [-0.1, -0.05) is 38.1 Å². The lowest BCUT2D eigenvalue weighted by Crippen LogP contribution is -2.11. The van der Waals surface area contributed by atoms with Crippen molar-refractivity contribution >= 4 is 21.6 Å². The maximum atomic E-state index is 12.4. The van der Waals surface area contributed by atoms with Crippen LogP contribution in [0.5, 0.6) is 0 Å². The molecule has 2 aromatic heterocycles. The fourth-order valence-corrected chi connectivity index (χ4v) is 3.45. The summed E-state index contributed by atoms with van der Waals surface area (Å²) < 4.78 is 0. The highest BCUT2D eigenvalue weighted by Crippen LogP contribution is 2.30. The van der Waals surface area contributed by atoms with Crippen molar-refractivity contribution in [3.63, 3.8) is 0 Å². The van der Waals surface area contributed by atoms with E-state index in [0.717, 1.165) is 41.0 Å². The molecule has 0 bridgehead atoms. The molecule has 0 atom stereocenters. The summed E-state index contributed by atoms with van der Waals surface area (Å²) in [7, 11) is 0. The summed E-state index contributed by atoms with van der Waals surface area (Å²) in [6.45, 7) is 4.22. The first kappa shape index (κ1) is 14.0. The zero-order valence-corrected chi connectivity index (χ0v) is 13.1. The average Bonchev–Trinajstić information content (AvgIpc) is 2.92. The van der Waals surface area contributed by atoms with Gasteiger partial charge in [-0.3, -0.25) is 4.79 Å². The molecule has 0 aliphatic heterocycles. The molecule has 0 aliphatic rings. The van der Waals surface area contributed by atoms with Crippen LogP contribution in [0.1, 0.15) is 31.7 Å². The van der Waals surface area contributed by atoms with Crippen LogP contribution in [0.15, 0.2) is 34.4 Å². The van der Waals surface area contributed by atoms with E-state index in [4.69, 9.17) is 0 Å². The molecule has 1 aromatic carbocycles. The number of hydrogen-bond donors (Lipinski definition) is 1. The van der Waals surface area contributed by atoms with Gasteiger partial charge in [-0.15, -0.1) is 11.3 Å². The monoisotopic (exact) mass is 298 g/mol. The summed E-state index contributed by atoms with van der Waals surface area (Å²) in [6.07, 6.45) is 2.81. The first-order valence-corrected chi connectivity index (χ1v) is 8.20. The molecule has 4 heteroatoms. The number of H-pyrrole nitrogens is 1. The van der Waals surface area contributed by atoms with Crippen LogP contribution in [0.4, 0.5) is 0 Å². The number of rotatable bonds is 4. The Morgan fingerprint density at radius 3 is 2.62 bits per heavy atom. The van der Waals surface area contributed by atoms with Gasteiger partial charge in [0, 0.05) is 17.4 Å². The Hall–Kier alpha value is -1.94. The minimum absolute atomic E-state index is 0.0285. The van der Waals surface area contributed by atoms with Gasteiger partial charge in [0.05, 0.1) is 5.39 Å². The summed E-state index contributed by atoms with van der Waals surface area (Å²) >= 11 is 1.54. The number of thiophene rings is 1. The molecule has 108 valence electrons. The average molecular weight is 298 g/mol. The zero-order chi connectivity index (χ0) is 14.8. The predicted octanol–water partition coefficient (Wildman–Crippen LogP) is 4.17. The molecule has 21 heavy (non-hydrogen) atoms.